The number of aryl methyl sites for hydroxylation is 1. The number of hydrogen-bond donors (Lipinski definition) is 5. The summed E-state index contributed by atoms with van der Waals surface area (Å²) in [5, 5.41) is 31.0. The SMILES string of the molecule is CC.CC.CCOc1ccsc1-c1noc(=O)[nH]1.CCOc1ccsc1C.NS(=O)NC=O.O=C(O)/C=C/c1sccc1O. The Morgan fingerprint density at radius 2 is 1.64 bits per heavy atom. The van der Waals surface area contributed by atoms with Gasteiger partial charge >= 0.3 is 11.7 Å². The van der Waals surface area contributed by atoms with Crippen molar-refractivity contribution in [2.75, 3.05) is 13.2 Å². The van der Waals surface area contributed by atoms with Gasteiger partial charge in [-0.25, -0.2) is 18.9 Å². The molecule has 246 valence electrons. The van der Waals surface area contributed by atoms with Crippen LogP contribution >= 0.6 is 34.0 Å². The molecular weight excluding hydrogens is 653 g/mol. The van der Waals surface area contributed by atoms with Gasteiger partial charge in [-0.3, -0.25) is 19.0 Å². The van der Waals surface area contributed by atoms with Crippen molar-refractivity contribution in [2.24, 2.45) is 5.14 Å². The number of thiophene rings is 3. The maximum atomic E-state index is 10.7. The molecule has 4 heterocycles. The molecule has 0 saturated heterocycles. The molecule has 4 rings (SSSR count). The number of aliphatic carboxylic acids is 1. The number of aromatic hydroxyl groups is 1. The molecule has 44 heavy (non-hydrogen) atoms. The molecular formula is C27H40N4O9S4. The number of carboxylic acids is 1. The molecule has 1 unspecified atom stereocenters. The first kappa shape index (κ1) is 42.4. The van der Waals surface area contributed by atoms with E-state index in [0.717, 1.165) is 23.3 Å². The number of aromatic amines is 1. The first-order valence-corrected chi connectivity index (χ1v) is 16.9. The first-order valence-electron chi connectivity index (χ1n) is 13.1. The van der Waals surface area contributed by atoms with Crippen LogP contribution in [0.2, 0.25) is 0 Å². The minimum Gasteiger partial charge on any atom is -0.506 e. The predicted octanol–water partition coefficient (Wildman–Crippen LogP) is 5.82. The predicted molar refractivity (Wildman–Crippen MR) is 179 cm³/mol. The van der Waals surface area contributed by atoms with Crippen LogP contribution in [0.3, 0.4) is 0 Å². The van der Waals surface area contributed by atoms with Crippen LogP contribution in [0.1, 0.15) is 51.3 Å². The smallest absolute Gasteiger partial charge is 0.439 e. The first-order chi connectivity index (χ1) is 21.1. The Morgan fingerprint density at radius 1 is 1.07 bits per heavy atom. The Balaban J connectivity index is 0. The number of H-pyrrole nitrogens is 1. The monoisotopic (exact) mass is 692 g/mol. The number of hydrogen-bond acceptors (Lipinski definition) is 12. The van der Waals surface area contributed by atoms with E-state index in [4.69, 9.17) is 19.7 Å². The highest BCUT2D eigenvalue weighted by molar-refractivity contribution is 7.81. The second kappa shape index (κ2) is 26.8. The molecule has 0 radical (unpaired) electrons. The summed E-state index contributed by atoms with van der Waals surface area (Å²) in [7, 11) is 0. The molecule has 4 aromatic heterocycles. The summed E-state index contributed by atoms with van der Waals surface area (Å²) in [4.78, 5) is 35.1. The molecule has 0 aliphatic heterocycles. The topological polar surface area (TPSA) is 207 Å². The summed E-state index contributed by atoms with van der Waals surface area (Å²) in [6, 6.07) is 5.35. The van der Waals surface area contributed by atoms with Gasteiger partial charge in [0.1, 0.15) is 22.1 Å². The zero-order valence-corrected chi connectivity index (χ0v) is 28.8. The van der Waals surface area contributed by atoms with Crippen LogP contribution in [0.4, 0.5) is 0 Å². The van der Waals surface area contributed by atoms with E-state index in [1.807, 2.05) is 64.4 Å². The van der Waals surface area contributed by atoms with Crippen LogP contribution in [-0.2, 0) is 20.8 Å². The molecule has 17 heteroatoms. The molecule has 4 aromatic rings. The Morgan fingerprint density at radius 3 is 2.05 bits per heavy atom. The molecule has 1 amide bonds. The molecule has 0 spiro atoms. The van der Waals surface area contributed by atoms with E-state index >= 15 is 0 Å². The number of rotatable bonds is 9. The lowest BCUT2D eigenvalue weighted by Crippen LogP contribution is -2.21. The third-order valence-corrected chi connectivity index (χ3v) is 6.84. The zero-order chi connectivity index (χ0) is 33.9. The lowest BCUT2D eigenvalue weighted by atomic mass is 10.4. The number of amides is 1. The molecule has 13 nitrogen and oxygen atoms in total. The van der Waals surface area contributed by atoms with Crippen molar-refractivity contribution >= 4 is 63.6 Å². The lowest BCUT2D eigenvalue weighted by Gasteiger charge is -2.00. The maximum absolute atomic E-state index is 10.7. The highest BCUT2D eigenvalue weighted by Gasteiger charge is 2.12. The average Bonchev–Trinajstić information content (AvgIpc) is 3.82. The number of carbonyl (C=O) groups is 2. The summed E-state index contributed by atoms with van der Waals surface area (Å²) in [6.45, 7) is 15.3. The van der Waals surface area contributed by atoms with Gasteiger partial charge in [0, 0.05) is 11.0 Å². The Hall–Kier alpha value is -3.77. The minimum absolute atomic E-state index is 0.118. The number of carbonyl (C=O) groups excluding carboxylic acids is 1. The highest BCUT2D eigenvalue weighted by Crippen LogP contribution is 2.32. The van der Waals surface area contributed by atoms with E-state index in [1.165, 1.54) is 39.7 Å². The van der Waals surface area contributed by atoms with Gasteiger partial charge in [-0.15, -0.1) is 34.0 Å². The molecule has 1 atom stereocenters. The Kier molecular flexibility index (Phi) is 25.8. The van der Waals surface area contributed by atoms with Gasteiger partial charge in [-0.05, 0) is 61.2 Å². The molecule has 0 aliphatic carbocycles. The molecule has 0 aromatic carbocycles. The van der Waals surface area contributed by atoms with E-state index in [9.17, 15) is 18.6 Å². The average molecular weight is 693 g/mol. The zero-order valence-electron chi connectivity index (χ0n) is 25.5. The second-order valence-electron chi connectivity index (χ2n) is 6.64. The largest absolute Gasteiger partial charge is 0.506 e. The van der Waals surface area contributed by atoms with Crippen LogP contribution in [0.25, 0.3) is 16.8 Å². The van der Waals surface area contributed by atoms with E-state index in [-0.39, 0.29) is 12.2 Å². The fourth-order valence-electron chi connectivity index (χ4n) is 2.38. The van der Waals surface area contributed by atoms with Crippen LogP contribution in [0.15, 0.2) is 49.7 Å². The van der Waals surface area contributed by atoms with Crippen molar-refractivity contribution in [3.05, 3.63) is 60.7 Å². The van der Waals surface area contributed by atoms with Gasteiger partial charge in [0.2, 0.25) is 6.41 Å². The summed E-state index contributed by atoms with van der Waals surface area (Å²) >= 11 is 2.77. The third kappa shape index (κ3) is 18.7. The normalized spacial score (nSPS) is 9.91. The van der Waals surface area contributed by atoms with E-state index in [2.05, 4.69) is 26.7 Å². The summed E-state index contributed by atoms with van der Waals surface area (Å²) < 4.78 is 26.4. The number of ether oxygens (including phenoxy) is 2. The standard InChI is InChI=1S/C8H8N2O3S.C7H6O3S.C7H10OS.2C2H6.CH4N2O2S/c1-2-12-5-3-4-14-6(5)7-9-8(11)13-10-7;8-5-3-4-11-6(5)1-2-7(9)10;1-3-8-7-4-5-9-6(7)2;2*1-2;2-6(5)3-1-4/h3-4H,2H2,1H3,(H,9,10,11);1-4,8H,(H,9,10);4-5H,3H2,1-2H3;2*1-2H3;1H,2H2,(H,3,4)/b;2-1+;;;;. The van der Waals surface area contributed by atoms with E-state index in [0.29, 0.717) is 23.1 Å². The van der Waals surface area contributed by atoms with E-state index < -0.39 is 22.9 Å². The molecule has 0 saturated carbocycles. The lowest BCUT2D eigenvalue weighted by molar-refractivity contribution is -0.131. The summed E-state index contributed by atoms with van der Waals surface area (Å²) in [5.74, 6) is 0.694. The van der Waals surface area contributed by atoms with Gasteiger partial charge in [0.15, 0.2) is 17.0 Å². The highest BCUT2D eigenvalue weighted by atomic mass is 32.2. The number of carboxylic acid groups (broad SMARTS) is 1. The van der Waals surface area contributed by atoms with Crippen LogP contribution in [0, 0.1) is 6.92 Å². The Bertz CT molecular complexity index is 1410. The minimum atomic E-state index is -1.68. The quantitative estimate of drug-likeness (QED) is 0.105. The number of nitrogens with two attached hydrogens (primary N) is 1. The van der Waals surface area contributed by atoms with Crippen molar-refractivity contribution < 1.29 is 38.0 Å². The summed E-state index contributed by atoms with van der Waals surface area (Å²) in [5.41, 5.74) is 0. The third-order valence-electron chi connectivity index (χ3n) is 3.91. The molecule has 0 fully saturated rings. The van der Waals surface area contributed by atoms with E-state index in [1.54, 1.807) is 21.4 Å². The molecule has 6 N–H and O–H groups in total. The van der Waals surface area contributed by atoms with Crippen molar-refractivity contribution in [3.8, 4) is 28.0 Å². The van der Waals surface area contributed by atoms with Gasteiger partial charge in [0.25, 0.3) is 0 Å². The molecule has 0 bridgehead atoms. The fourth-order valence-corrected chi connectivity index (χ4v) is 4.56. The van der Waals surface area contributed by atoms with Crippen LogP contribution in [-0.4, -0.2) is 50.2 Å². The summed E-state index contributed by atoms with van der Waals surface area (Å²) in [6.07, 6.45) is 2.63. The Labute approximate surface area is 271 Å². The fraction of sp³-hybridized carbons (Fsp3) is 0.333. The van der Waals surface area contributed by atoms with Crippen LogP contribution in [0.5, 0.6) is 17.2 Å². The second-order valence-corrected chi connectivity index (χ2v) is 10.5. The van der Waals surface area contributed by atoms with Crippen molar-refractivity contribution in [3.63, 3.8) is 0 Å². The van der Waals surface area contributed by atoms with Gasteiger partial charge in [-0.1, -0.05) is 32.9 Å². The maximum Gasteiger partial charge on any atom is 0.439 e. The van der Waals surface area contributed by atoms with Gasteiger partial charge in [-0.2, -0.15) is 0 Å². The van der Waals surface area contributed by atoms with Crippen molar-refractivity contribution in [1.82, 2.24) is 14.9 Å². The molecule has 0 aliphatic rings. The van der Waals surface area contributed by atoms with Gasteiger partial charge in [0.05, 0.1) is 18.1 Å². The van der Waals surface area contributed by atoms with Gasteiger partial charge < -0.3 is 19.7 Å². The van der Waals surface area contributed by atoms with Crippen molar-refractivity contribution in [1.29, 1.82) is 0 Å². The van der Waals surface area contributed by atoms with Crippen molar-refractivity contribution in [2.45, 2.75) is 48.5 Å². The van der Waals surface area contributed by atoms with Crippen LogP contribution < -0.4 is 25.1 Å². The number of nitrogens with zero attached hydrogens (tertiary/aromatic N) is 1. The number of nitrogens with one attached hydrogen (secondary N) is 2. The number of aromatic nitrogens is 2.